The topological polar surface area (TPSA) is 55.4 Å². The standard InChI is InChI=1S/C14H17NO3/c1-2-11-12(15-14(11)17)8-13(16)18-9-10-6-4-3-5-7-10/h3-7,11-12H,2,8-9H2,1H3,(H,15,17)/t11-,12-/m1/s1. The lowest BCUT2D eigenvalue weighted by atomic mass is 9.86. The Bertz CT molecular complexity index is 430. The molecule has 96 valence electrons. The Labute approximate surface area is 106 Å². The molecule has 1 aliphatic rings. The normalized spacial score (nSPS) is 21.9. The van der Waals surface area contributed by atoms with Crippen LogP contribution in [0.15, 0.2) is 30.3 Å². The number of amides is 1. The molecular weight excluding hydrogens is 230 g/mol. The van der Waals surface area contributed by atoms with Crippen molar-refractivity contribution in [2.75, 3.05) is 0 Å². The van der Waals surface area contributed by atoms with Crippen molar-refractivity contribution in [2.24, 2.45) is 5.92 Å². The fourth-order valence-electron chi connectivity index (χ4n) is 2.12. The van der Waals surface area contributed by atoms with Gasteiger partial charge in [0.2, 0.25) is 5.91 Å². The molecular formula is C14H17NO3. The predicted octanol–water partition coefficient (Wildman–Crippen LogP) is 1.64. The van der Waals surface area contributed by atoms with Gasteiger partial charge in [-0.15, -0.1) is 0 Å². The Balaban J connectivity index is 1.75. The van der Waals surface area contributed by atoms with Crippen LogP contribution in [0.2, 0.25) is 0 Å². The van der Waals surface area contributed by atoms with Crippen LogP contribution in [0, 0.1) is 5.92 Å². The zero-order valence-corrected chi connectivity index (χ0v) is 10.4. The van der Waals surface area contributed by atoms with Gasteiger partial charge in [0.25, 0.3) is 0 Å². The number of ether oxygens (including phenoxy) is 1. The van der Waals surface area contributed by atoms with Crippen LogP contribution in [0.1, 0.15) is 25.3 Å². The first kappa shape index (κ1) is 12.6. The summed E-state index contributed by atoms with van der Waals surface area (Å²) in [5.74, 6) is -0.255. The second kappa shape index (κ2) is 5.67. The van der Waals surface area contributed by atoms with Crippen molar-refractivity contribution >= 4 is 11.9 Å². The number of hydrogen-bond donors (Lipinski definition) is 1. The van der Waals surface area contributed by atoms with Crippen LogP contribution in [0.3, 0.4) is 0 Å². The van der Waals surface area contributed by atoms with E-state index in [1.165, 1.54) is 0 Å². The maximum atomic E-state index is 11.6. The molecule has 1 aromatic carbocycles. The number of carbonyl (C=O) groups excluding carboxylic acids is 2. The molecule has 1 N–H and O–H groups in total. The van der Waals surface area contributed by atoms with Crippen LogP contribution in [-0.4, -0.2) is 17.9 Å². The number of rotatable bonds is 5. The summed E-state index contributed by atoms with van der Waals surface area (Å²) in [7, 11) is 0. The summed E-state index contributed by atoms with van der Waals surface area (Å²) >= 11 is 0. The van der Waals surface area contributed by atoms with Gasteiger partial charge < -0.3 is 10.1 Å². The Hall–Kier alpha value is -1.84. The van der Waals surface area contributed by atoms with E-state index >= 15 is 0 Å². The van der Waals surface area contributed by atoms with Gasteiger partial charge in [0.1, 0.15) is 6.61 Å². The van der Waals surface area contributed by atoms with Gasteiger partial charge in [0, 0.05) is 0 Å². The Morgan fingerprint density at radius 1 is 1.33 bits per heavy atom. The van der Waals surface area contributed by atoms with E-state index in [0.717, 1.165) is 12.0 Å². The maximum absolute atomic E-state index is 11.6. The molecule has 2 atom stereocenters. The SMILES string of the molecule is CC[C@H]1C(=O)N[C@@H]1CC(=O)OCc1ccccc1. The first-order chi connectivity index (χ1) is 8.70. The third-order valence-electron chi connectivity index (χ3n) is 3.22. The van der Waals surface area contributed by atoms with E-state index in [4.69, 9.17) is 4.74 Å². The van der Waals surface area contributed by atoms with Gasteiger partial charge in [-0.1, -0.05) is 37.3 Å². The monoisotopic (exact) mass is 247 g/mol. The van der Waals surface area contributed by atoms with Crippen LogP contribution < -0.4 is 5.32 Å². The minimum atomic E-state index is -0.262. The summed E-state index contributed by atoms with van der Waals surface area (Å²) in [4.78, 5) is 22.8. The quantitative estimate of drug-likeness (QED) is 0.635. The third-order valence-corrected chi connectivity index (χ3v) is 3.22. The van der Waals surface area contributed by atoms with Gasteiger partial charge in [-0.2, -0.15) is 0 Å². The number of carbonyl (C=O) groups is 2. The van der Waals surface area contributed by atoms with Gasteiger partial charge in [0.05, 0.1) is 18.4 Å². The lowest BCUT2D eigenvalue weighted by Gasteiger charge is -2.35. The number of β-lactam (4-membered cyclic amide) rings is 1. The first-order valence-electron chi connectivity index (χ1n) is 6.20. The van der Waals surface area contributed by atoms with Gasteiger partial charge in [0.15, 0.2) is 0 Å². The molecule has 0 spiro atoms. The highest BCUT2D eigenvalue weighted by Crippen LogP contribution is 2.21. The van der Waals surface area contributed by atoms with Crippen molar-refractivity contribution in [3.05, 3.63) is 35.9 Å². The van der Waals surface area contributed by atoms with Crippen molar-refractivity contribution in [1.29, 1.82) is 0 Å². The third kappa shape index (κ3) is 2.88. The number of hydrogen-bond acceptors (Lipinski definition) is 3. The van der Waals surface area contributed by atoms with Crippen LogP contribution in [0.25, 0.3) is 0 Å². The fraction of sp³-hybridized carbons (Fsp3) is 0.429. The van der Waals surface area contributed by atoms with Crippen molar-refractivity contribution in [3.63, 3.8) is 0 Å². The molecule has 0 radical (unpaired) electrons. The Kier molecular flexibility index (Phi) is 3.97. The maximum Gasteiger partial charge on any atom is 0.308 e. The second-order valence-corrected chi connectivity index (χ2v) is 4.48. The van der Waals surface area contributed by atoms with Gasteiger partial charge in [-0.3, -0.25) is 9.59 Å². The van der Waals surface area contributed by atoms with Gasteiger partial charge in [-0.25, -0.2) is 0 Å². The molecule has 0 unspecified atom stereocenters. The molecule has 2 rings (SSSR count). The van der Waals surface area contributed by atoms with Gasteiger partial charge >= 0.3 is 5.97 Å². The number of benzene rings is 1. The molecule has 0 aliphatic carbocycles. The van der Waals surface area contributed by atoms with E-state index in [1.807, 2.05) is 37.3 Å². The van der Waals surface area contributed by atoms with Crippen LogP contribution in [0.4, 0.5) is 0 Å². The molecule has 4 heteroatoms. The molecule has 0 aromatic heterocycles. The summed E-state index contributed by atoms with van der Waals surface area (Å²) in [5, 5.41) is 2.73. The molecule has 4 nitrogen and oxygen atoms in total. The molecule has 1 aromatic rings. The average molecular weight is 247 g/mol. The lowest BCUT2D eigenvalue weighted by Crippen LogP contribution is -2.58. The summed E-state index contributed by atoms with van der Waals surface area (Å²) in [6.07, 6.45) is 1.03. The van der Waals surface area contributed by atoms with E-state index < -0.39 is 0 Å². The zero-order chi connectivity index (χ0) is 13.0. The Morgan fingerprint density at radius 2 is 2.06 bits per heavy atom. The summed E-state index contributed by atoms with van der Waals surface area (Å²) < 4.78 is 5.17. The highest BCUT2D eigenvalue weighted by molar-refractivity contribution is 5.87. The highest BCUT2D eigenvalue weighted by atomic mass is 16.5. The van der Waals surface area contributed by atoms with E-state index in [9.17, 15) is 9.59 Å². The number of esters is 1. The number of nitrogens with one attached hydrogen (secondary N) is 1. The summed E-state index contributed by atoms with van der Waals surface area (Å²) in [5.41, 5.74) is 0.968. The summed E-state index contributed by atoms with van der Waals surface area (Å²) in [6, 6.07) is 9.50. The smallest absolute Gasteiger partial charge is 0.308 e. The van der Waals surface area contributed by atoms with E-state index in [2.05, 4.69) is 5.32 Å². The minimum absolute atomic E-state index is 0.0331. The summed E-state index contributed by atoms with van der Waals surface area (Å²) in [6.45, 7) is 2.24. The lowest BCUT2D eigenvalue weighted by molar-refractivity contribution is -0.148. The largest absolute Gasteiger partial charge is 0.461 e. The molecule has 0 saturated carbocycles. The molecule has 1 fully saturated rings. The molecule has 0 bridgehead atoms. The fourth-order valence-corrected chi connectivity index (χ4v) is 2.12. The van der Waals surface area contributed by atoms with E-state index in [0.29, 0.717) is 0 Å². The molecule has 1 saturated heterocycles. The van der Waals surface area contributed by atoms with Crippen LogP contribution in [0.5, 0.6) is 0 Å². The average Bonchev–Trinajstić information content (AvgIpc) is 2.37. The van der Waals surface area contributed by atoms with Crippen molar-refractivity contribution in [3.8, 4) is 0 Å². The zero-order valence-electron chi connectivity index (χ0n) is 10.4. The molecule has 18 heavy (non-hydrogen) atoms. The van der Waals surface area contributed by atoms with Crippen LogP contribution in [-0.2, 0) is 20.9 Å². The second-order valence-electron chi connectivity index (χ2n) is 4.48. The van der Waals surface area contributed by atoms with Crippen molar-refractivity contribution < 1.29 is 14.3 Å². The Morgan fingerprint density at radius 3 is 2.67 bits per heavy atom. The van der Waals surface area contributed by atoms with E-state index in [-0.39, 0.29) is 36.9 Å². The highest BCUT2D eigenvalue weighted by Gasteiger charge is 2.38. The molecule has 1 aliphatic heterocycles. The van der Waals surface area contributed by atoms with Crippen LogP contribution >= 0.6 is 0 Å². The van der Waals surface area contributed by atoms with E-state index in [1.54, 1.807) is 0 Å². The molecule has 1 amide bonds. The minimum Gasteiger partial charge on any atom is -0.461 e. The molecule has 1 heterocycles. The predicted molar refractivity (Wildman–Crippen MR) is 66.6 cm³/mol. The van der Waals surface area contributed by atoms with Crippen molar-refractivity contribution in [1.82, 2.24) is 5.32 Å². The first-order valence-corrected chi connectivity index (χ1v) is 6.20. The van der Waals surface area contributed by atoms with Crippen molar-refractivity contribution in [2.45, 2.75) is 32.4 Å². The van der Waals surface area contributed by atoms with Gasteiger partial charge in [-0.05, 0) is 12.0 Å².